The van der Waals surface area contributed by atoms with E-state index in [1.165, 1.54) is 25.6 Å². The molecule has 1 unspecified atom stereocenters. The van der Waals surface area contributed by atoms with E-state index in [9.17, 15) is 19.6 Å². The Kier molecular flexibility index (Phi) is 7.95. The maximum atomic E-state index is 13.4. The second kappa shape index (κ2) is 10.2. The molecule has 1 aromatic heterocycles. The lowest BCUT2D eigenvalue weighted by Gasteiger charge is -2.21. The molecular formula is C21H22N3O5PS. The average molecular weight is 459 g/mol. The number of carbonyl (C=O) groups is 1. The molecule has 2 aromatic rings. The van der Waals surface area contributed by atoms with E-state index in [0.717, 1.165) is 5.56 Å². The molecule has 2 rings (SSSR count). The predicted molar refractivity (Wildman–Crippen MR) is 122 cm³/mol. The molecule has 10 heteroatoms. The van der Waals surface area contributed by atoms with Crippen molar-refractivity contribution in [2.75, 3.05) is 7.11 Å². The number of aromatic nitrogens is 1. The van der Waals surface area contributed by atoms with Crippen LogP contribution in [-0.4, -0.2) is 28.3 Å². The summed E-state index contributed by atoms with van der Waals surface area (Å²) in [5, 5.41) is 21.9. The molecule has 162 valence electrons. The normalized spacial score (nSPS) is 13.3. The van der Waals surface area contributed by atoms with E-state index in [2.05, 4.69) is 28.5 Å². The van der Waals surface area contributed by atoms with E-state index in [1.807, 2.05) is 13.0 Å². The molecule has 0 aliphatic heterocycles. The number of carboxylic acids is 1. The number of carboxylic acid groups (broad SMARTS) is 1. The Morgan fingerprint density at radius 2 is 2.03 bits per heavy atom. The highest BCUT2D eigenvalue weighted by Crippen LogP contribution is 2.43. The van der Waals surface area contributed by atoms with Crippen LogP contribution in [-0.2, 0) is 13.9 Å². The highest BCUT2D eigenvalue weighted by Gasteiger charge is 2.29. The SMILES string of the molecule is C=C(C#Cc1cncc(O)c1)S/C(C(=O)O)=C(\N)NP(=O)(OC)c1ccc(C)cc1C. The fourth-order valence-electron chi connectivity index (χ4n) is 2.55. The van der Waals surface area contributed by atoms with Gasteiger partial charge in [-0.2, -0.15) is 0 Å². The van der Waals surface area contributed by atoms with Gasteiger partial charge >= 0.3 is 13.5 Å². The van der Waals surface area contributed by atoms with Crippen molar-refractivity contribution in [3.63, 3.8) is 0 Å². The van der Waals surface area contributed by atoms with Crippen LogP contribution in [0.1, 0.15) is 16.7 Å². The standard InChI is InChI=1S/C21H22N3O5PS/c1-13-5-8-18(14(2)9-13)30(28,29-4)24-20(22)19(21(26)27)31-15(3)6-7-16-10-17(25)12-23-11-16/h5,8-12,25H,3,22H2,1-2,4H3,(H,24,28)(H,26,27)/b20-19+. The van der Waals surface area contributed by atoms with Gasteiger partial charge in [0.2, 0.25) is 0 Å². The zero-order chi connectivity index (χ0) is 23.2. The highest BCUT2D eigenvalue weighted by molar-refractivity contribution is 8.07. The zero-order valence-corrected chi connectivity index (χ0v) is 18.9. The molecule has 31 heavy (non-hydrogen) atoms. The topological polar surface area (TPSA) is 135 Å². The van der Waals surface area contributed by atoms with E-state index < -0.39 is 13.5 Å². The van der Waals surface area contributed by atoms with Crippen LogP contribution in [0.3, 0.4) is 0 Å². The fourth-order valence-corrected chi connectivity index (χ4v) is 4.86. The Morgan fingerprint density at radius 3 is 2.61 bits per heavy atom. The molecule has 0 bridgehead atoms. The highest BCUT2D eigenvalue weighted by atomic mass is 32.2. The van der Waals surface area contributed by atoms with Crippen molar-refractivity contribution in [1.29, 1.82) is 0 Å². The Balaban J connectivity index is 2.31. The van der Waals surface area contributed by atoms with Gasteiger partial charge < -0.3 is 20.5 Å². The van der Waals surface area contributed by atoms with Crippen molar-refractivity contribution < 1.29 is 24.1 Å². The summed E-state index contributed by atoms with van der Waals surface area (Å²) < 4.78 is 18.6. The van der Waals surface area contributed by atoms with Gasteiger partial charge in [-0.25, -0.2) is 4.79 Å². The van der Waals surface area contributed by atoms with Crippen molar-refractivity contribution in [3.05, 3.63) is 75.6 Å². The van der Waals surface area contributed by atoms with Crippen LogP contribution in [0.5, 0.6) is 5.75 Å². The molecule has 1 aromatic carbocycles. The number of nitrogens with zero attached hydrogens (tertiary/aromatic N) is 1. The summed E-state index contributed by atoms with van der Waals surface area (Å²) in [5.41, 5.74) is 8.07. The minimum Gasteiger partial charge on any atom is -0.506 e. The number of nitrogens with one attached hydrogen (secondary N) is 1. The maximum Gasteiger partial charge on any atom is 0.346 e. The van der Waals surface area contributed by atoms with Gasteiger partial charge in [-0.05, 0) is 31.5 Å². The van der Waals surface area contributed by atoms with Crippen LogP contribution in [0.25, 0.3) is 0 Å². The summed E-state index contributed by atoms with van der Waals surface area (Å²) in [4.78, 5) is 15.4. The van der Waals surface area contributed by atoms with Crippen molar-refractivity contribution in [3.8, 4) is 17.6 Å². The van der Waals surface area contributed by atoms with E-state index >= 15 is 0 Å². The number of pyridine rings is 1. The van der Waals surface area contributed by atoms with Gasteiger partial charge in [-0.15, -0.1) is 0 Å². The third-order valence-electron chi connectivity index (χ3n) is 3.93. The van der Waals surface area contributed by atoms with Gasteiger partial charge in [0.25, 0.3) is 0 Å². The molecule has 1 heterocycles. The van der Waals surface area contributed by atoms with Crippen LogP contribution in [0.15, 0.2) is 58.9 Å². The number of aromatic hydroxyl groups is 1. The molecule has 0 aliphatic rings. The first kappa shape index (κ1) is 24.1. The second-order valence-corrected chi connectivity index (χ2v) is 9.67. The molecular weight excluding hydrogens is 437 g/mol. The van der Waals surface area contributed by atoms with Crippen LogP contribution in [0.2, 0.25) is 0 Å². The summed E-state index contributed by atoms with van der Waals surface area (Å²) in [6.45, 7) is 7.39. The van der Waals surface area contributed by atoms with Crippen LogP contribution in [0, 0.1) is 25.7 Å². The molecule has 0 saturated heterocycles. The monoisotopic (exact) mass is 459 g/mol. The molecule has 5 N–H and O–H groups in total. The first-order chi connectivity index (χ1) is 14.6. The zero-order valence-electron chi connectivity index (χ0n) is 17.2. The van der Waals surface area contributed by atoms with Crippen molar-refractivity contribution in [2.45, 2.75) is 13.8 Å². The number of aliphatic carboxylic acids is 1. The molecule has 0 spiro atoms. The Bertz CT molecular complexity index is 1170. The molecule has 1 atom stereocenters. The Hall–Kier alpha value is -3.18. The van der Waals surface area contributed by atoms with Gasteiger partial charge in [0.15, 0.2) is 0 Å². The third-order valence-corrected chi connectivity index (χ3v) is 7.06. The molecule has 0 saturated carbocycles. The van der Waals surface area contributed by atoms with Crippen molar-refractivity contribution in [1.82, 2.24) is 10.1 Å². The summed E-state index contributed by atoms with van der Waals surface area (Å²) in [5.74, 6) is 3.65. The average Bonchev–Trinajstić information content (AvgIpc) is 2.70. The number of hydrogen-bond donors (Lipinski definition) is 4. The Morgan fingerprint density at radius 1 is 1.32 bits per heavy atom. The van der Waals surface area contributed by atoms with Crippen molar-refractivity contribution in [2.24, 2.45) is 5.73 Å². The number of benzene rings is 1. The third kappa shape index (κ3) is 6.40. The summed E-state index contributed by atoms with van der Waals surface area (Å²) in [6.07, 6.45) is 2.70. The van der Waals surface area contributed by atoms with Gasteiger partial charge in [0, 0.05) is 18.9 Å². The predicted octanol–water partition coefficient (Wildman–Crippen LogP) is 2.97. The first-order valence-electron chi connectivity index (χ1n) is 8.83. The van der Waals surface area contributed by atoms with E-state index in [1.54, 1.807) is 19.1 Å². The van der Waals surface area contributed by atoms with E-state index in [4.69, 9.17) is 10.3 Å². The number of aryl methyl sites for hydroxylation is 2. The number of rotatable bonds is 7. The molecule has 0 aliphatic carbocycles. The summed E-state index contributed by atoms with van der Waals surface area (Å²) >= 11 is 0.702. The smallest absolute Gasteiger partial charge is 0.346 e. The lowest BCUT2D eigenvalue weighted by atomic mass is 10.2. The molecule has 0 fully saturated rings. The summed E-state index contributed by atoms with van der Waals surface area (Å²) in [6, 6.07) is 6.66. The lowest BCUT2D eigenvalue weighted by molar-refractivity contribution is -0.131. The first-order valence-corrected chi connectivity index (χ1v) is 11.3. The number of nitrogens with two attached hydrogens (primary N) is 1. The maximum absolute atomic E-state index is 13.4. The number of hydrogen-bond acceptors (Lipinski definition) is 7. The minimum absolute atomic E-state index is 0.0497. The van der Waals surface area contributed by atoms with Gasteiger partial charge in [-0.3, -0.25) is 14.6 Å². The minimum atomic E-state index is -3.68. The van der Waals surface area contributed by atoms with Gasteiger partial charge in [0.05, 0.1) is 16.4 Å². The summed E-state index contributed by atoms with van der Waals surface area (Å²) in [7, 11) is -2.43. The second-order valence-electron chi connectivity index (χ2n) is 6.39. The van der Waals surface area contributed by atoms with Crippen LogP contribution >= 0.6 is 19.3 Å². The van der Waals surface area contributed by atoms with Crippen LogP contribution in [0.4, 0.5) is 0 Å². The Labute approximate surface area is 184 Å². The fraction of sp³-hybridized carbons (Fsp3) is 0.143. The molecule has 0 radical (unpaired) electrons. The number of thioether (sulfide) groups is 1. The lowest BCUT2D eigenvalue weighted by Crippen LogP contribution is -2.28. The van der Waals surface area contributed by atoms with Crippen molar-refractivity contribution >= 4 is 30.6 Å². The van der Waals surface area contributed by atoms with Crippen LogP contribution < -0.4 is 16.1 Å². The van der Waals surface area contributed by atoms with E-state index in [-0.39, 0.29) is 21.4 Å². The molecule has 0 amide bonds. The molecule has 8 nitrogen and oxygen atoms in total. The number of allylic oxidation sites excluding steroid dienone is 1. The largest absolute Gasteiger partial charge is 0.506 e. The van der Waals surface area contributed by atoms with E-state index in [0.29, 0.717) is 28.2 Å². The van der Waals surface area contributed by atoms with Gasteiger partial charge in [-0.1, -0.05) is 47.9 Å². The van der Waals surface area contributed by atoms with Gasteiger partial charge in [0.1, 0.15) is 16.5 Å². The quantitative estimate of drug-likeness (QED) is 0.280.